The first-order chi connectivity index (χ1) is 10.9. The summed E-state index contributed by atoms with van der Waals surface area (Å²) < 4.78 is 1.63. The van der Waals surface area contributed by atoms with Gasteiger partial charge >= 0.3 is 0 Å². The van der Waals surface area contributed by atoms with Gasteiger partial charge in [0, 0.05) is 31.9 Å². The van der Waals surface area contributed by atoms with Gasteiger partial charge in [0.05, 0.1) is 6.10 Å². The lowest BCUT2D eigenvalue weighted by Gasteiger charge is -2.31. The molecular weight excluding hydrogens is 294 g/mol. The number of aryl methyl sites for hydroxylation is 1. The number of carbonyl (C=O) groups is 2. The van der Waals surface area contributed by atoms with Crippen LogP contribution in [0.5, 0.6) is 0 Å². The van der Waals surface area contributed by atoms with Gasteiger partial charge < -0.3 is 19.9 Å². The van der Waals surface area contributed by atoms with Crippen LogP contribution in [-0.2, 0) is 7.05 Å². The average Bonchev–Trinajstić information content (AvgIpc) is 2.89. The van der Waals surface area contributed by atoms with Gasteiger partial charge in [-0.25, -0.2) is 0 Å². The monoisotopic (exact) mass is 321 g/mol. The largest absolute Gasteiger partial charge is 0.390 e. The number of piperidine rings is 1. The highest BCUT2D eigenvalue weighted by Crippen LogP contribution is 2.15. The molecule has 1 aromatic rings. The molecule has 23 heavy (non-hydrogen) atoms. The van der Waals surface area contributed by atoms with Crippen molar-refractivity contribution in [3.63, 3.8) is 0 Å². The van der Waals surface area contributed by atoms with Crippen LogP contribution in [0.4, 0.5) is 0 Å². The zero-order valence-electron chi connectivity index (χ0n) is 14.2. The summed E-state index contributed by atoms with van der Waals surface area (Å²) in [6.45, 7) is 6.53. The summed E-state index contributed by atoms with van der Waals surface area (Å²) in [5.41, 5.74) is 0.940. The standard InChI is InChI=1S/C17H27N3O3/c1-12-4-6-20(7-5-12)11-15(22)9-18-17(23)16-8-14(13(2)21)10-19(16)3/h8,10,12,15,22H,4-7,9,11H2,1-3H3,(H,18,23). The topological polar surface area (TPSA) is 74.6 Å². The number of aliphatic hydroxyl groups is 1. The molecule has 1 aliphatic heterocycles. The van der Waals surface area contributed by atoms with Crippen molar-refractivity contribution in [2.75, 3.05) is 26.2 Å². The summed E-state index contributed by atoms with van der Waals surface area (Å²) in [6.07, 6.45) is 3.38. The van der Waals surface area contributed by atoms with Crippen molar-refractivity contribution in [1.82, 2.24) is 14.8 Å². The number of aliphatic hydroxyl groups excluding tert-OH is 1. The minimum atomic E-state index is -0.583. The Morgan fingerprint density at radius 2 is 2.04 bits per heavy atom. The van der Waals surface area contributed by atoms with E-state index in [1.807, 2.05) is 0 Å². The van der Waals surface area contributed by atoms with E-state index in [0.29, 0.717) is 17.8 Å². The molecule has 0 aliphatic carbocycles. The van der Waals surface area contributed by atoms with E-state index in [9.17, 15) is 14.7 Å². The van der Waals surface area contributed by atoms with E-state index in [-0.39, 0.29) is 18.2 Å². The Bertz CT molecular complexity index is 559. The second-order valence-corrected chi connectivity index (χ2v) is 6.63. The smallest absolute Gasteiger partial charge is 0.268 e. The van der Waals surface area contributed by atoms with Crippen molar-refractivity contribution < 1.29 is 14.7 Å². The normalized spacial score (nSPS) is 17.9. The third-order valence-electron chi connectivity index (χ3n) is 4.49. The van der Waals surface area contributed by atoms with Crippen molar-refractivity contribution in [2.45, 2.75) is 32.8 Å². The van der Waals surface area contributed by atoms with Gasteiger partial charge in [0.15, 0.2) is 5.78 Å². The number of carbonyl (C=O) groups excluding carboxylic acids is 2. The molecule has 1 unspecified atom stereocenters. The minimum Gasteiger partial charge on any atom is -0.390 e. The molecule has 6 nitrogen and oxygen atoms in total. The number of Topliss-reactive ketones (excluding diaryl/α,β-unsaturated/α-hetero) is 1. The fraction of sp³-hybridized carbons (Fsp3) is 0.647. The summed E-state index contributed by atoms with van der Waals surface area (Å²) in [6, 6.07) is 1.58. The number of rotatable bonds is 6. The third-order valence-corrected chi connectivity index (χ3v) is 4.49. The van der Waals surface area contributed by atoms with Crippen LogP contribution >= 0.6 is 0 Å². The Morgan fingerprint density at radius 3 is 2.61 bits per heavy atom. The van der Waals surface area contributed by atoms with Gasteiger partial charge in [0.25, 0.3) is 5.91 Å². The molecule has 0 saturated carbocycles. The molecule has 2 N–H and O–H groups in total. The maximum atomic E-state index is 12.2. The molecule has 1 fully saturated rings. The summed E-state index contributed by atoms with van der Waals surface area (Å²) in [7, 11) is 1.73. The van der Waals surface area contributed by atoms with E-state index in [1.165, 1.54) is 6.92 Å². The Balaban J connectivity index is 1.80. The molecule has 1 atom stereocenters. The summed E-state index contributed by atoms with van der Waals surface area (Å²) in [5, 5.41) is 12.9. The molecule has 0 radical (unpaired) electrons. The van der Waals surface area contributed by atoms with Crippen LogP contribution in [0.2, 0.25) is 0 Å². The number of ketones is 1. The van der Waals surface area contributed by atoms with Gasteiger partial charge in [-0.05, 0) is 44.8 Å². The molecule has 1 amide bonds. The van der Waals surface area contributed by atoms with Crippen LogP contribution in [0, 0.1) is 5.92 Å². The molecule has 0 spiro atoms. The first-order valence-corrected chi connectivity index (χ1v) is 8.22. The van der Waals surface area contributed by atoms with Gasteiger partial charge in [-0.3, -0.25) is 9.59 Å². The molecule has 2 rings (SSSR count). The van der Waals surface area contributed by atoms with Crippen LogP contribution in [-0.4, -0.2) is 58.5 Å². The van der Waals surface area contributed by atoms with Crippen LogP contribution < -0.4 is 5.32 Å². The molecule has 1 aromatic heterocycles. The zero-order chi connectivity index (χ0) is 17.0. The zero-order valence-corrected chi connectivity index (χ0v) is 14.2. The van der Waals surface area contributed by atoms with E-state index in [2.05, 4.69) is 17.1 Å². The fourth-order valence-electron chi connectivity index (χ4n) is 2.89. The number of likely N-dealkylation sites (tertiary alicyclic amines) is 1. The van der Waals surface area contributed by atoms with Gasteiger partial charge in [-0.2, -0.15) is 0 Å². The maximum absolute atomic E-state index is 12.2. The Hall–Kier alpha value is -1.66. The number of hydrogen-bond acceptors (Lipinski definition) is 4. The quantitative estimate of drug-likeness (QED) is 0.768. The van der Waals surface area contributed by atoms with E-state index in [4.69, 9.17) is 0 Å². The van der Waals surface area contributed by atoms with Gasteiger partial charge in [0.2, 0.25) is 0 Å². The first-order valence-electron chi connectivity index (χ1n) is 8.22. The maximum Gasteiger partial charge on any atom is 0.268 e. The van der Waals surface area contributed by atoms with Crippen molar-refractivity contribution in [2.24, 2.45) is 13.0 Å². The highest BCUT2D eigenvalue weighted by molar-refractivity contribution is 5.99. The number of β-amino-alcohol motifs (C(OH)–C–C–N with tert-alkyl or cyclic N) is 1. The Morgan fingerprint density at radius 1 is 1.39 bits per heavy atom. The molecule has 0 bridgehead atoms. The lowest BCUT2D eigenvalue weighted by molar-refractivity contribution is 0.0791. The predicted molar refractivity (Wildman–Crippen MR) is 88.6 cm³/mol. The summed E-state index contributed by atoms with van der Waals surface area (Å²) in [5.74, 6) is 0.418. The summed E-state index contributed by atoms with van der Waals surface area (Å²) in [4.78, 5) is 25.8. The van der Waals surface area contributed by atoms with E-state index >= 15 is 0 Å². The van der Waals surface area contributed by atoms with E-state index in [0.717, 1.165) is 31.8 Å². The molecule has 1 aliphatic rings. The van der Waals surface area contributed by atoms with Gasteiger partial charge in [-0.1, -0.05) is 6.92 Å². The number of aromatic nitrogens is 1. The van der Waals surface area contributed by atoms with Crippen LogP contribution in [0.25, 0.3) is 0 Å². The number of nitrogens with zero attached hydrogens (tertiary/aromatic N) is 2. The first kappa shape index (κ1) is 17.7. The van der Waals surface area contributed by atoms with E-state index in [1.54, 1.807) is 23.9 Å². The molecule has 1 saturated heterocycles. The van der Waals surface area contributed by atoms with Gasteiger partial charge in [0.1, 0.15) is 5.69 Å². The second-order valence-electron chi connectivity index (χ2n) is 6.63. The third kappa shape index (κ3) is 4.91. The van der Waals surface area contributed by atoms with Crippen LogP contribution in [0.1, 0.15) is 47.5 Å². The second kappa shape index (κ2) is 7.75. The summed E-state index contributed by atoms with van der Waals surface area (Å²) >= 11 is 0. The highest BCUT2D eigenvalue weighted by atomic mass is 16.3. The van der Waals surface area contributed by atoms with E-state index < -0.39 is 6.10 Å². The molecule has 128 valence electrons. The Labute approximate surface area is 137 Å². The van der Waals surface area contributed by atoms with Crippen LogP contribution in [0.3, 0.4) is 0 Å². The molecular formula is C17H27N3O3. The van der Waals surface area contributed by atoms with Crippen LogP contribution in [0.15, 0.2) is 12.3 Å². The number of nitrogens with one attached hydrogen (secondary N) is 1. The predicted octanol–water partition coefficient (Wildman–Crippen LogP) is 1.05. The molecule has 6 heteroatoms. The lowest BCUT2D eigenvalue weighted by Crippen LogP contribution is -2.43. The Kier molecular flexibility index (Phi) is 5.96. The fourth-order valence-corrected chi connectivity index (χ4v) is 2.89. The van der Waals surface area contributed by atoms with Gasteiger partial charge in [-0.15, -0.1) is 0 Å². The number of hydrogen-bond donors (Lipinski definition) is 2. The lowest BCUT2D eigenvalue weighted by atomic mass is 9.99. The van der Waals surface area contributed by atoms with Crippen molar-refractivity contribution >= 4 is 11.7 Å². The average molecular weight is 321 g/mol. The van der Waals surface area contributed by atoms with Crippen molar-refractivity contribution in [1.29, 1.82) is 0 Å². The molecule has 2 heterocycles. The minimum absolute atomic E-state index is 0.0704. The highest BCUT2D eigenvalue weighted by Gasteiger charge is 2.19. The van der Waals surface area contributed by atoms with Crippen molar-refractivity contribution in [3.8, 4) is 0 Å². The van der Waals surface area contributed by atoms with Crippen molar-refractivity contribution in [3.05, 3.63) is 23.5 Å². The SMILES string of the molecule is CC(=O)c1cc(C(=O)NCC(O)CN2CCC(C)CC2)n(C)c1. The molecule has 0 aromatic carbocycles. The number of amides is 1.